The molecule has 0 aromatic rings. The van der Waals surface area contributed by atoms with Crippen LogP contribution in [0.4, 0.5) is 4.39 Å². The molecule has 0 aliphatic carbocycles. The molecule has 2 nitrogen and oxygen atoms in total. The molecular formula is C11H17FN2S. The Bertz CT molecular complexity index is 270. The molecule has 0 saturated heterocycles. The second-order valence-electron chi connectivity index (χ2n) is 2.73. The van der Waals surface area contributed by atoms with Gasteiger partial charge in [0.15, 0.2) is 0 Å². The van der Waals surface area contributed by atoms with Gasteiger partial charge in [0.2, 0.25) is 0 Å². The maximum atomic E-state index is 12.9. The highest BCUT2D eigenvalue weighted by molar-refractivity contribution is 8.04. The third kappa shape index (κ3) is 8.15. The van der Waals surface area contributed by atoms with Gasteiger partial charge in [0, 0.05) is 23.4 Å². The Hall–Kier alpha value is -0.870. The molecule has 0 aromatic carbocycles. The van der Waals surface area contributed by atoms with Crippen molar-refractivity contribution in [2.24, 2.45) is 5.73 Å². The largest absolute Gasteiger partial charge is 0.327 e. The second-order valence-corrected chi connectivity index (χ2v) is 3.77. The molecule has 0 aliphatic rings. The van der Waals surface area contributed by atoms with Crippen molar-refractivity contribution in [2.45, 2.75) is 13.3 Å². The lowest BCUT2D eigenvalue weighted by Crippen LogP contribution is -1.95. The van der Waals surface area contributed by atoms with Gasteiger partial charge in [0.25, 0.3) is 0 Å². The molecule has 0 radical (unpaired) electrons. The minimum atomic E-state index is -0.241. The molecule has 15 heavy (non-hydrogen) atoms. The van der Waals surface area contributed by atoms with Crippen molar-refractivity contribution in [2.75, 3.05) is 12.3 Å². The Morgan fingerprint density at radius 3 is 2.80 bits per heavy atom. The fraction of sp³-hybridized carbons (Fsp3) is 0.364. The van der Waals surface area contributed by atoms with Gasteiger partial charge in [-0.15, -0.1) is 11.8 Å². The Morgan fingerprint density at radius 2 is 2.27 bits per heavy atom. The summed E-state index contributed by atoms with van der Waals surface area (Å²) in [6, 6.07) is 0. The average molecular weight is 228 g/mol. The van der Waals surface area contributed by atoms with Crippen molar-refractivity contribution in [3.05, 3.63) is 35.0 Å². The quantitative estimate of drug-likeness (QED) is 0.520. The Morgan fingerprint density at radius 1 is 1.53 bits per heavy atom. The van der Waals surface area contributed by atoms with Gasteiger partial charge in [-0.2, -0.15) is 0 Å². The van der Waals surface area contributed by atoms with Crippen molar-refractivity contribution in [3.8, 4) is 0 Å². The van der Waals surface area contributed by atoms with Crippen LogP contribution in [0.3, 0.4) is 0 Å². The number of halogens is 1. The summed E-state index contributed by atoms with van der Waals surface area (Å²) in [5, 5.41) is 7.13. The van der Waals surface area contributed by atoms with E-state index in [4.69, 9.17) is 11.1 Å². The van der Waals surface area contributed by atoms with Crippen molar-refractivity contribution < 1.29 is 4.39 Å². The molecule has 84 valence electrons. The van der Waals surface area contributed by atoms with Gasteiger partial charge in [0.1, 0.15) is 5.83 Å². The predicted octanol–water partition coefficient (Wildman–Crippen LogP) is 3.03. The van der Waals surface area contributed by atoms with Gasteiger partial charge >= 0.3 is 0 Å². The Labute approximate surface area is 94.6 Å². The SMILES string of the molecule is CC/C=C\C=C(/C=N)SC/C(F)=C/CN. The van der Waals surface area contributed by atoms with Crippen molar-refractivity contribution >= 4 is 18.0 Å². The van der Waals surface area contributed by atoms with Crippen LogP contribution in [0.1, 0.15) is 13.3 Å². The summed E-state index contributed by atoms with van der Waals surface area (Å²) >= 11 is 1.29. The van der Waals surface area contributed by atoms with E-state index in [0.717, 1.165) is 11.3 Å². The summed E-state index contributed by atoms with van der Waals surface area (Å²) in [7, 11) is 0. The highest BCUT2D eigenvalue weighted by Crippen LogP contribution is 2.17. The number of nitrogens with one attached hydrogen (secondary N) is 1. The fourth-order valence-electron chi connectivity index (χ4n) is 0.776. The maximum Gasteiger partial charge on any atom is 0.107 e. The second kappa shape index (κ2) is 9.68. The molecule has 3 N–H and O–H groups in total. The minimum Gasteiger partial charge on any atom is -0.327 e. The summed E-state index contributed by atoms with van der Waals surface area (Å²) in [6.45, 7) is 2.25. The lowest BCUT2D eigenvalue weighted by atomic mass is 10.4. The molecule has 0 aromatic heterocycles. The summed E-state index contributed by atoms with van der Waals surface area (Å²) in [6.07, 6.45) is 9.18. The van der Waals surface area contributed by atoms with Gasteiger partial charge < -0.3 is 11.1 Å². The van der Waals surface area contributed by atoms with E-state index in [1.807, 2.05) is 19.1 Å². The molecular weight excluding hydrogens is 211 g/mol. The molecule has 0 aliphatic heterocycles. The Kier molecular flexibility index (Phi) is 9.11. The van der Waals surface area contributed by atoms with Crippen LogP contribution in [-0.4, -0.2) is 18.5 Å². The molecule has 0 unspecified atom stereocenters. The molecule has 0 amide bonds. The van der Waals surface area contributed by atoms with Crippen LogP contribution >= 0.6 is 11.8 Å². The van der Waals surface area contributed by atoms with Crippen LogP contribution in [0.15, 0.2) is 35.0 Å². The first kappa shape index (κ1) is 14.1. The van der Waals surface area contributed by atoms with E-state index in [1.54, 1.807) is 6.08 Å². The van der Waals surface area contributed by atoms with E-state index >= 15 is 0 Å². The van der Waals surface area contributed by atoms with Crippen LogP contribution in [0.2, 0.25) is 0 Å². The molecule has 0 saturated carbocycles. The van der Waals surface area contributed by atoms with Gasteiger partial charge in [-0.1, -0.05) is 19.1 Å². The number of allylic oxidation sites excluding steroid dienone is 4. The molecule has 0 atom stereocenters. The van der Waals surface area contributed by atoms with Crippen LogP contribution < -0.4 is 5.73 Å². The number of nitrogens with two attached hydrogens (primary N) is 1. The zero-order chi connectivity index (χ0) is 11.5. The van der Waals surface area contributed by atoms with E-state index in [1.165, 1.54) is 24.1 Å². The van der Waals surface area contributed by atoms with Crippen molar-refractivity contribution in [1.29, 1.82) is 5.41 Å². The Balaban J connectivity index is 4.11. The third-order valence-electron chi connectivity index (χ3n) is 1.49. The van der Waals surface area contributed by atoms with E-state index in [-0.39, 0.29) is 18.1 Å². The van der Waals surface area contributed by atoms with Gasteiger partial charge in [0.05, 0.1) is 0 Å². The van der Waals surface area contributed by atoms with E-state index in [0.29, 0.717) is 0 Å². The lowest BCUT2D eigenvalue weighted by Gasteiger charge is -1.98. The molecule has 0 spiro atoms. The molecule has 0 heterocycles. The number of hydrogen-bond acceptors (Lipinski definition) is 3. The lowest BCUT2D eigenvalue weighted by molar-refractivity contribution is 0.640. The van der Waals surface area contributed by atoms with Crippen LogP contribution in [0.5, 0.6) is 0 Å². The molecule has 0 rings (SSSR count). The summed E-state index contributed by atoms with van der Waals surface area (Å²) in [4.78, 5) is 0.736. The standard InChI is InChI=1S/C11H17FN2S/c1-2-3-4-5-11(8-14)15-9-10(12)6-7-13/h3-6,8,14H,2,7,9,13H2,1H3/b4-3-,10-6-,11-5+,14-8?. The minimum absolute atomic E-state index is 0.214. The monoisotopic (exact) mass is 228 g/mol. The molecule has 0 bridgehead atoms. The number of thioether (sulfide) groups is 1. The number of hydrogen-bond donors (Lipinski definition) is 2. The summed E-state index contributed by atoms with van der Waals surface area (Å²) in [5.41, 5.74) is 5.17. The third-order valence-corrected chi connectivity index (χ3v) is 2.50. The van der Waals surface area contributed by atoms with Crippen molar-refractivity contribution in [3.63, 3.8) is 0 Å². The normalized spacial score (nSPS) is 13.5. The molecule has 0 fully saturated rings. The van der Waals surface area contributed by atoms with Gasteiger partial charge in [-0.25, -0.2) is 4.39 Å². The van der Waals surface area contributed by atoms with Crippen LogP contribution in [-0.2, 0) is 0 Å². The zero-order valence-electron chi connectivity index (χ0n) is 8.87. The first-order valence-corrected chi connectivity index (χ1v) is 5.77. The van der Waals surface area contributed by atoms with Gasteiger partial charge in [-0.3, -0.25) is 0 Å². The van der Waals surface area contributed by atoms with Crippen LogP contribution in [0.25, 0.3) is 0 Å². The number of rotatable bonds is 7. The highest BCUT2D eigenvalue weighted by atomic mass is 32.2. The highest BCUT2D eigenvalue weighted by Gasteiger charge is 1.97. The topological polar surface area (TPSA) is 49.9 Å². The van der Waals surface area contributed by atoms with Gasteiger partial charge in [-0.05, 0) is 18.6 Å². The zero-order valence-corrected chi connectivity index (χ0v) is 9.69. The fourth-order valence-corrected chi connectivity index (χ4v) is 1.46. The average Bonchev–Trinajstić information content (AvgIpc) is 2.23. The smallest absolute Gasteiger partial charge is 0.107 e. The van der Waals surface area contributed by atoms with E-state index < -0.39 is 0 Å². The predicted molar refractivity (Wildman–Crippen MR) is 67.0 cm³/mol. The summed E-state index contributed by atoms with van der Waals surface area (Å²) in [5.74, 6) is -0.00650. The first-order chi connectivity index (χ1) is 7.24. The maximum absolute atomic E-state index is 12.9. The van der Waals surface area contributed by atoms with Crippen molar-refractivity contribution in [1.82, 2.24) is 0 Å². The first-order valence-electron chi connectivity index (χ1n) is 4.79. The van der Waals surface area contributed by atoms with E-state index in [2.05, 4.69) is 0 Å². The van der Waals surface area contributed by atoms with E-state index in [9.17, 15) is 4.39 Å². The molecule has 4 heteroatoms. The summed E-state index contributed by atoms with van der Waals surface area (Å²) < 4.78 is 12.9. The van der Waals surface area contributed by atoms with Crippen LogP contribution in [0, 0.1) is 5.41 Å².